The van der Waals surface area contributed by atoms with Crippen molar-refractivity contribution < 1.29 is 5.11 Å². The quantitative estimate of drug-likeness (QED) is 0.256. The Balaban J connectivity index is 2.96. The van der Waals surface area contributed by atoms with Gasteiger partial charge in [0.05, 0.1) is 0 Å². The van der Waals surface area contributed by atoms with E-state index in [1.54, 1.807) is 0 Å². The lowest BCUT2D eigenvalue weighted by Gasteiger charge is -2.02. The normalized spacial score (nSPS) is 11.5. The van der Waals surface area contributed by atoms with E-state index in [1.165, 1.54) is 89.9 Å². The Morgan fingerprint density at radius 1 is 0.550 bits per heavy atom. The summed E-state index contributed by atoms with van der Waals surface area (Å²) in [5.74, 6) is 0. The van der Waals surface area contributed by atoms with Crippen LogP contribution in [-0.4, -0.2) is 11.7 Å². The molecule has 0 bridgehead atoms. The van der Waals surface area contributed by atoms with Gasteiger partial charge in [0.15, 0.2) is 0 Å². The lowest BCUT2D eigenvalue weighted by molar-refractivity contribution is 0.302. The molecule has 0 atom stereocenters. The predicted octanol–water partition coefficient (Wildman–Crippen LogP) is 6.41. The highest BCUT2D eigenvalue weighted by atomic mass is 16.2. The van der Waals surface area contributed by atoms with Crippen LogP contribution in [0.3, 0.4) is 0 Å². The molecule has 120 valence electrons. The van der Waals surface area contributed by atoms with Gasteiger partial charge >= 0.3 is 0 Å². The van der Waals surface area contributed by atoms with Crippen molar-refractivity contribution in [2.45, 2.75) is 103 Å². The van der Waals surface area contributed by atoms with Crippen LogP contribution < -0.4 is 0 Å². The van der Waals surface area contributed by atoms with Crippen LogP contribution in [-0.2, 0) is 0 Å². The molecule has 0 aromatic rings. The molecular weight excluding hydrogens is 244 g/mol. The highest BCUT2D eigenvalue weighted by molar-refractivity contribution is 4.80. The molecule has 0 aliphatic heterocycles. The van der Waals surface area contributed by atoms with Crippen LogP contribution in [0, 0.1) is 0 Å². The Morgan fingerprint density at radius 2 is 0.950 bits per heavy atom. The predicted molar refractivity (Wildman–Crippen MR) is 91.2 cm³/mol. The molecule has 1 N–H and O–H groups in total. The molecule has 0 heterocycles. The van der Waals surface area contributed by atoms with Crippen LogP contribution in [0.2, 0.25) is 0 Å². The lowest BCUT2D eigenvalue weighted by Crippen LogP contribution is -1.82. The Morgan fingerprint density at radius 3 is 1.40 bits per heavy atom. The van der Waals surface area contributed by atoms with Crippen molar-refractivity contribution >= 4 is 0 Å². The molecule has 0 amide bonds. The zero-order chi connectivity index (χ0) is 14.7. The maximum absolute atomic E-state index is 8.63. The average Bonchev–Trinajstić information content (AvgIpc) is 2.47. The minimum absolute atomic E-state index is 0.287. The molecule has 20 heavy (non-hydrogen) atoms. The van der Waals surface area contributed by atoms with Gasteiger partial charge in [-0.2, -0.15) is 0 Å². The minimum Gasteiger partial charge on any atom is -0.396 e. The number of unbranched alkanes of at least 4 members (excludes halogenated alkanes) is 13. The molecule has 0 radical (unpaired) electrons. The van der Waals surface area contributed by atoms with Gasteiger partial charge in [0, 0.05) is 6.61 Å². The summed E-state index contributed by atoms with van der Waals surface area (Å²) in [6.07, 6.45) is 24.8. The summed E-state index contributed by atoms with van der Waals surface area (Å²) in [4.78, 5) is 0. The summed E-state index contributed by atoms with van der Waals surface area (Å²) in [5.41, 5.74) is 0. The fourth-order valence-corrected chi connectivity index (χ4v) is 2.59. The highest BCUT2D eigenvalue weighted by Crippen LogP contribution is 2.12. The maximum Gasteiger partial charge on any atom is 0.0465 e. The summed E-state index contributed by atoms with van der Waals surface area (Å²) >= 11 is 0. The molecule has 1 nitrogen and oxygen atoms in total. The molecule has 0 aliphatic carbocycles. The maximum atomic E-state index is 8.63. The summed E-state index contributed by atoms with van der Waals surface area (Å²) in [5, 5.41) is 8.63. The smallest absolute Gasteiger partial charge is 0.0465 e. The molecular formula is C19H38O. The summed E-state index contributed by atoms with van der Waals surface area (Å²) < 4.78 is 0. The zero-order valence-electron chi connectivity index (χ0n) is 13.9. The van der Waals surface area contributed by atoms with E-state index in [0.717, 1.165) is 6.42 Å². The van der Waals surface area contributed by atoms with Crippen molar-refractivity contribution in [3.05, 3.63) is 12.2 Å². The third kappa shape index (κ3) is 17.7. The number of rotatable bonds is 16. The van der Waals surface area contributed by atoms with Crippen LogP contribution in [0.15, 0.2) is 12.2 Å². The van der Waals surface area contributed by atoms with Crippen LogP contribution in [0.25, 0.3) is 0 Å². The van der Waals surface area contributed by atoms with E-state index in [1.807, 2.05) is 0 Å². The second kappa shape index (κ2) is 18.7. The standard InChI is InChI=1S/C19H38O/c1-2-3-4-5-6-7-8-9-10-11-12-13-14-15-16-17-18-19-20/h16-17,20H,2-15,18-19H2,1H3. The van der Waals surface area contributed by atoms with Gasteiger partial charge in [-0.1, -0.05) is 96.1 Å². The molecule has 0 aromatic heterocycles. The topological polar surface area (TPSA) is 20.2 Å². The first-order valence-electron chi connectivity index (χ1n) is 9.17. The van der Waals surface area contributed by atoms with Crippen molar-refractivity contribution in [3.8, 4) is 0 Å². The van der Waals surface area contributed by atoms with Crippen molar-refractivity contribution in [2.24, 2.45) is 0 Å². The van der Waals surface area contributed by atoms with Gasteiger partial charge in [0.1, 0.15) is 0 Å². The summed E-state index contributed by atoms with van der Waals surface area (Å²) in [7, 11) is 0. The number of hydrogen-bond donors (Lipinski definition) is 1. The van der Waals surface area contributed by atoms with Gasteiger partial charge in [-0.05, 0) is 19.3 Å². The molecule has 0 saturated heterocycles. The van der Waals surface area contributed by atoms with Crippen molar-refractivity contribution in [1.82, 2.24) is 0 Å². The monoisotopic (exact) mass is 282 g/mol. The van der Waals surface area contributed by atoms with Gasteiger partial charge in [0.25, 0.3) is 0 Å². The van der Waals surface area contributed by atoms with E-state index in [0.29, 0.717) is 0 Å². The number of aliphatic hydroxyl groups excluding tert-OH is 1. The fourth-order valence-electron chi connectivity index (χ4n) is 2.59. The van der Waals surface area contributed by atoms with Crippen LogP contribution in [0.5, 0.6) is 0 Å². The van der Waals surface area contributed by atoms with E-state index >= 15 is 0 Å². The van der Waals surface area contributed by atoms with Gasteiger partial charge in [-0.25, -0.2) is 0 Å². The minimum atomic E-state index is 0.287. The van der Waals surface area contributed by atoms with Crippen molar-refractivity contribution in [1.29, 1.82) is 0 Å². The first kappa shape index (κ1) is 19.7. The lowest BCUT2D eigenvalue weighted by atomic mass is 10.0. The summed E-state index contributed by atoms with van der Waals surface area (Å²) in [6, 6.07) is 0. The van der Waals surface area contributed by atoms with Gasteiger partial charge in [0.2, 0.25) is 0 Å². The van der Waals surface area contributed by atoms with Crippen molar-refractivity contribution in [2.75, 3.05) is 6.61 Å². The largest absolute Gasteiger partial charge is 0.396 e. The first-order chi connectivity index (χ1) is 9.91. The van der Waals surface area contributed by atoms with E-state index in [2.05, 4.69) is 19.1 Å². The van der Waals surface area contributed by atoms with Crippen LogP contribution in [0.1, 0.15) is 103 Å². The molecule has 0 aromatic carbocycles. The number of aliphatic hydroxyl groups is 1. The molecule has 0 spiro atoms. The second-order valence-electron chi connectivity index (χ2n) is 6.02. The Kier molecular flexibility index (Phi) is 18.4. The Hall–Kier alpha value is -0.300. The number of hydrogen-bond acceptors (Lipinski definition) is 1. The fraction of sp³-hybridized carbons (Fsp3) is 0.895. The molecule has 0 unspecified atom stereocenters. The second-order valence-corrected chi connectivity index (χ2v) is 6.02. The molecule has 0 aliphatic rings. The van der Waals surface area contributed by atoms with Crippen LogP contribution in [0.4, 0.5) is 0 Å². The Labute approximate surface area is 127 Å². The zero-order valence-corrected chi connectivity index (χ0v) is 13.9. The number of allylic oxidation sites excluding steroid dienone is 1. The van der Waals surface area contributed by atoms with E-state index < -0.39 is 0 Å². The first-order valence-corrected chi connectivity index (χ1v) is 9.17. The third-order valence-electron chi connectivity index (χ3n) is 3.94. The van der Waals surface area contributed by atoms with Gasteiger partial charge < -0.3 is 5.11 Å². The molecule has 0 saturated carbocycles. The van der Waals surface area contributed by atoms with Gasteiger partial charge in [-0.3, -0.25) is 0 Å². The Bertz CT molecular complexity index is 186. The van der Waals surface area contributed by atoms with Crippen molar-refractivity contribution in [3.63, 3.8) is 0 Å². The average molecular weight is 283 g/mol. The molecule has 1 heteroatoms. The third-order valence-corrected chi connectivity index (χ3v) is 3.94. The summed E-state index contributed by atoms with van der Waals surface area (Å²) in [6.45, 7) is 2.57. The van der Waals surface area contributed by atoms with E-state index in [9.17, 15) is 0 Å². The SMILES string of the molecule is CCCCCCCCCCCCCCCC=CCCO. The van der Waals surface area contributed by atoms with Gasteiger partial charge in [-0.15, -0.1) is 0 Å². The van der Waals surface area contributed by atoms with E-state index in [-0.39, 0.29) is 6.61 Å². The molecule has 0 rings (SSSR count). The highest BCUT2D eigenvalue weighted by Gasteiger charge is 1.93. The van der Waals surface area contributed by atoms with E-state index in [4.69, 9.17) is 5.11 Å². The van der Waals surface area contributed by atoms with Crippen LogP contribution >= 0.6 is 0 Å². The molecule has 0 fully saturated rings.